The summed E-state index contributed by atoms with van der Waals surface area (Å²) in [6.45, 7) is 4.47. The number of anilines is 1. The third-order valence-electron chi connectivity index (χ3n) is 4.45. The summed E-state index contributed by atoms with van der Waals surface area (Å²) in [6, 6.07) is 10.1. The van der Waals surface area contributed by atoms with Crippen molar-refractivity contribution < 1.29 is 4.79 Å². The summed E-state index contributed by atoms with van der Waals surface area (Å²) in [7, 11) is 1.92. The van der Waals surface area contributed by atoms with E-state index < -0.39 is 0 Å². The summed E-state index contributed by atoms with van der Waals surface area (Å²) in [5.74, 6) is 0.561. The second-order valence-electron chi connectivity index (χ2n) is 6.33. The van der Waals surface area contributed by atoms with Crippen LogP contribution in [0.5, 0.6) is 0 Å². The van der Waals surface area contributed by atoms with Crippen LogP contribution in [-0.4, -0.2) is 37.4 Å². The van der Waals surface area contributed by atoms with Crippen LogP contribution in [0.3, 0.4) is 0 Å². The Balaban J connectivity index is 1.80. The number of carbonyl (C=O) groups is 1. The van der Waals surface area contributed by atoms with Gasteiger partial charge >= 0.3 is 0 Å². The lowest BCUT2D eigenvalue weighted by Crippen LogP contribution is -2.38. The Kier molecular flexibility index (Phi) is 4.74. The predicted octanol–water partition coefficient (Wildman–Crippen LogP) is 3.26. The lowest BCUT2D eigenvalue weighted by molar-refractivity contribution is -0.116. The summed E-state index contributed by atoms with van der Waals surface area (Å²) in [5.41, 5.74) is 1.34. The quantitative estimate of drug-likeness (QED) is 0.630. The number of Topliss-reactive ketones (excluding diaryl/α,β-unsaturated/α-hetero) is 1. The number of hydrogen-bond donors (Lipinski definition) is 0. The number of nitrogens with zero attached hydrogens (tertiary/aromatic N) is 3. The van der Waals surface area contributed by atoms with Gasteiger partial charge in [0.1, 0.15) is 16.7 Å². The van der Waals surface area contributed by atoms with Crippen molar-refractivity contribution in [2.45, 2.75) is 24.7 Å². The van der Waals surface area contributed by atoms with Crippen molar-refractivity contribution in [3.05, 3.63) is 34.9 Å². The molecule has 2 aliphatic rings. The minimum Gasteiger partial charge on any atom is -0.337 e. The van der Waals surface area contributed by atoms with Crippen molar-refractivity contribution in [2.24, 2.45) is 5.92 Å². The molecular weight excluding hydrogens is 306 g/mol. The minimum absolute atomic E-state index is 0.0660. The molecule has 0 aromatic heterocycles. The summed E-state index contributed by atoms with van der Waals surface area (Å²) in [5, 5.41) is 10.3. The minimum atomic E-state index is -0.0660. The van der Waals surface area contributed by atoms with Gasteiger partial charge in [-0.3, -0.25) is 9.69 Å². The van der Waals surface area contributed by atoms with Gasteiger partial charge in [-0.1, -0.05) is 30.8 Å². The number of benzene rings is 1. The van der Waals surface area contributed by atoms with Crippen LogP contribution in [0.2, 0.25) is 0 Å². The number of hydrogen-bond acceptors (Lipinski definition) is 5. The van der Waals surface area contributed by atoms with E-state index in [1.54, 1.807) is 0 Å². The highest BCUT2D eigenvalue weighted by molar-refractivity contribution is 8.03. The maximum atomic E-state index is 12.7. The summed E-state index contributed by atoms with van der Waals surface area (Å²) >= 11 is 1.51. The SMILES string of the molecule is C[C@@H]1CCCN(CC(=O)/C(C#N)=C2\Sc3ccccc3N2C)C1. The Morgan fingerprint density at radius 1 is 1.43 bits per heavy atom. The third kappa shape index (κ3) is 3.29. The van der Waals surface area contributed by atoms with E-state index >= 15 is 0 Å². The van der Waals surface area contributed by atoms with E-state index in [1.165, 1.54) is 18.2 Å². The first-order chi connectivity index (χ1) is 11.1. The summed E-state index contributed by atoms with van der Waals surface area (Å²) in [4.78, 5) is 17.9. The van der Waals surface area contributed by atoms with Gasteiger partial charge < -0.3 is 4.90 Å². The Labute approximate surface area is 141 Å². The van der Waals surface area contributed by atoms with Crippen molar-refractivity contribution in [1.82, 2.24) is 4.90 Å². The third-order valence-corrected chi connectivity index (χ3v) is 5.69. The van der Waals surface area contributed by atoms with Gasteiger partial charge in [-0.2, -0.15) is 5.26 Å². The van der Waals surface area contributed by atoms with Crippen LogP contribution in [0.15, 0.2) is 39.8 Å². The number of likely N-dealkylation sites (tertiary alicyclic amines) is 1. The van der Waals surface area contributed by atoms with Gasteiger partial charge in [-0.15, -0.1) is 0 Å². The van der Waals surface area contributed by atoms with Crippen LogP contribution in [-0.2, 0) is 4.79 Å². The molecule has 0 saturated carbocycles. The van der Waals surface area contributed by atoms with Gasteiger partial charge in [0.05, 0.1) is 12.2 Å². The van der Waals surface area contributed by atoms with E-state index in [1.807, 2.05) is 36.2 Å². The second-order valence-corrected chi connectivity index (χ2v) is 7.36. The lowest BCUT2D eigenvalue weighted by Gasteiger charge is -2.30. The lowest BCUT2D eigenvalue weighted by atomic mass is 10.00. The number of rotatable bonds is 3. The first-order valence-electron chi connectivity index (χ1n) is 8.00. The van der Waals surface area contributed by atoms with Crippen molar-refractivity contribution in [3.63, 3.8) is 0 Å². The molecule has 4 nitrogen and oxygen atoms in total. The molecule has 0 radical (unpaired) electrons. The maximum absolute atomic E-state index is 12.7. The van der Waals surface area contributed by atoms with E-state index in [2.05, 4.69) is 17.9 Å². The van der Waals surface area contributed by atoms with Gasteiger partial charge in [0.15, 0.2) is 5.78 Å². The van der Waals surface area contributed by atoms with Crippen LogP contribution in [0, 0.1) is 17.2 Å². The molecule has 2 aliphatic heterocycles. The molecule has 0 N–H and O–H groups in total. The number of nitriles is 1. The second kappa shape index (κ2) is 6.77. The molecule has 1 atom stereocenters. The van der Waals surface area contributed by atoms with E-state index in [9.17, 15) is 10.1 Å². The fourth-order valence-electron chi connectivity index (χ4n) is 3.26. The van der Waals surface area contributed by atoms with Gasteiger partial charge in [0, 0.05) is 18.5 Å². The zero-order valence-electron chi connectivity index (χ0n) is 13.6. The van der Waals surface area contributed by atoms with E-state index in [0.717, 1.165) is 35.1 Å². The van der Waals surface area contributed by atoms with E-state index in [-0.39, 0.29) is 11.4 Å². The molecule has 3 rings (SSSR count). The molecule has 0 spiro atoms. The molecular formula is C18H21N3OS. The Bertz CT molecular complexity index is 692. The standard InChI is InChI=1S/C18H21N3OS/c1-13-6-5-9-21(11-13)12-16(22)14(10-19)18-20(2)15-7-3-4-8-17(15)23-18/h3-4,7-8,13H,5-6,9,11-12H2,1-2H3/b18-14-/t13-/m1/s1. The van der Waals surface area contributed by atoms with Crippen LogP contribution in [0.25, 0.3) is 0 Å². The number of carbonyl (C=O) groups excluding carboxylic acids is 1. The molecule has 0 unspecified atom stereocenters. The number of ketones is 1. The Morgan fingerprint density at radius 2 is 2.22 bits per heavy atom. The highest BCUT2D eigenvalue weighted by Gasteiger charge is 2.29. The summed E-state index contributed by atoms with van der Waals surface area (Å²) < 4.78 is 0. The van der Waals surface area contributed by atoms with E-state index in [4.69, 9.17) is 0 Å². The van der Waals surface area contributed by atoms with Gasteiger partial charge in [0.2, 0.25) is 0 Å². The molecule has 120 valence electrons. The largest absolute Gasteiger partial charge is 0.337 e. The van der Waals surface area contributed by atoms with E-state index in [0.29, 0.717) is 12.5 Å². The normalized spacial score (nSPS) is 23.3. The molecule has 1 fully saturated rings. The zero-order valence-corrected chi connectivity index (χ0v) is 14.4. The molecule has 1 saturated heterocycles. The predicted molar refractivity (Wildman–Crippen MR) is 93.2 cm³/mol. The van der Waals surface area contributed by atoms with Gasteiger partial charge in [-0.25, -0.2) is 0 Å². The van der Waals surface area contributed by atoms with Gasteiger partial charge in [0.25, 0.3) is 0 Å². The molecule has 5 heteroatoms. The first-order valence-corrected chi connectivity index (χ1v) is 8.82. The molecule has 1 aromatic carbocycles. The summed E-state index contributed by atoms with van der Waals surface area (Å²) in [6.07, 6.45) is 2.36. The fraction of sp³-hybridized carbons (Fsp3) is 0.444. The molecule has 0 bridgehead atoms. The number of fused-ring (bicyclic) bond motifs is 1. The van der Waals surface area contributed by atoms with Crippen molar-refractivity contribution in [1.29, 1.82) is 5.26 Å². The van der Waals surface area contributed by atoms with Crippen LogP contribution in [0.4, 0.5) is 5.69 Å². The number of thioether (sulfide) groups is 1. The van der Waals surface area contributed by atoms with Crippen molar-refractivity contribution in [2.75, 3.05) is 31.6 Å². The smallest absolute Gasteiger partial charge is 0.190 e. The monoisotopic (exact) mass is 327 g/mol. The Morgan fingerprint density at radius 3 is 2.91 bits per heavy atom. The highest BCUT2D eigenvalue weighted by Crippen LogP contribution is 2.46. The van der Waals surface area contributed by atoms with Gasteiger partial charge in [-0.05, 0) is 37.4 Å². The molecule has 1 aromatic rings. The highest BCUT2D eigenvalue weighted by atomic mass is 32.2. The molecule has 0 aliphatic carbocycles. The molecule has 23 heavy (non-hydrogen) atoms. The van der Waals surface area contributed by atoms with Crippen LogP contribution in [0.1, 0.15) is 19.8 Å². The van der Waals surface area contributed by atoms with Crippen LogP contribution < -0.4 is 4.90 Å². The van der Waals surface area contributed by atoms with Crippen LogP contribution >= 0.6 is 11.8 Å². The fourth-order valence-corrected chi connectivity index (χ4v) is 4.42. The van der Waals surface area contributed by atoms with Crippen molar-refractivity contribution in [3.8, 4) is 6.07 Å². The number of para-hydroxylation sites is 1. The maximum Gasteiger partial charge on any atom is 0.190 e. The number of piperidine rings is 1. The Hall–Kier alpha value is -1.77. The molecule has 0 amide bonds. The average Bonchev–Trinajstić information content (AvgIpc) is 2.86. The average molecular weight is 327 g/mol. The zero-order chi connectivity index (χ0) is 16.4. The first kappa shape index (κ1) is 16.1. The van der Waals surface area contributed by atoms with Crippen molar-refractivity contribution >= 4 is 23.2 Å². The topological polar surface area (TPSA) is 47.3 Å². The molecule has 2 heterocycles.